The molecule has 10 heteroatoms. The van der Waals surface area contributed by atoms with Crippen LogP contribution in [-0.2, 0) is 6.54 Å². The quantitative estimate of drug-likeness (QED) is 0.598. The summed E-state index contributed by atoms with van der Waals surface area (Å²) < 4.78 is 1.55. The monoisotopic (exact) mass is 306 g/mol. The van der Waals surface area contributed by atoms with E-state index in [4.69, 9.17) is 0 Å². The van der Waals surface area contributed by atoms with Crippen LogP contribution in [-0.4, -0.2) is 41.5 Å². The van der Waals surface area contributed by atoms with Gasteiger partial charge in [0.15, 0.2) is 10.8 Å². The van der Waals surface area contributed by atoms with Crippen molar-refractivity contribution >= 4 is 28.7 Å². The summed E-state index contributed by atoms with van der Waals surface area (Å²) in [5, 5.41) is 18.4. The lowest BCUT2D eigenvalue weighted by Gasteiger charge is -2.06. The summed E-state index contributed by atoms with van der Waals surface area (Å²) >= 11 is 1.30. The Morgan fingerprint density at radius 1 is 1.33 bits per heavy atom. The van der Waals surface area contributed by atoms with Crippen molar-refractivity contribution in [1.29, 1.82) is 0 Å². The van der Waals surface area contributed by atoms with E-state index < -0.39 is 0 Å². The number of aromatic amines is 2. The van der Waals surface area contributed by atoms with Gasteiger partial charge in [-0.1, -0.05) is 0 Å². The molecule has 0 saturated carbocycles. The molecule has 0 aliphatic carbocycles. The topological polar surface area (TPSA) is 117 Å². The summed E-state index contributed by atoms with van der Waals surface area (Å²) in [7, 11) is 0. The van der Waals surface area contributed by atoms with E-state index >= 15 is 0 Å². The summed E-state index contributed by atoms with van der Waals surface area (Å²) in [6, 6.07) is 0. The smallest absolute Gasteiger partial charge is 0.343 e. The zero-order valence-electron chi connectivity index (χ0n) is 11.5. The number of nitrogens with one attached hydrogen (secondary N) is 3. The lowest BCUT2D eigenvalue weighted by molar-refractivity contribution is 0.660. The zero-order chi connectivity index (χ0) is 14.8. The lowest BCUT2D eigenvalue weighted by atomic mass is 10.4. The third-order valence-corrected chi connectivity index (χ3v) is 3.84. The van der Waals surface area contributed by atoms with Crippen LogP contribution in [0.15, 0.2) is 21.2 Å². The molecule has 0 fully saturated rings. The molecule has 0 bridgehead atoms. The molecule has 110 valence electrons. The molecule has 0 radical (unpaired) electrons. The highest BCUT2D eigenvalue weighted by molar-refractivity contribution is 7.99. The van der Waals surface area contributed by atoms with E-state index in [1.165, 1.54) is 11.8 Å². The van der Waals surface area contributed by atoms with Gasteiger partial charge >= 0.3 is 5.69 Å². The van der Waals surface area contributed by atoms with E-state index in [-0.39, 0.29) is 5.69 Å². The molecule has 3 heterocycles. The van der Waals surface area contributed by atoms with Crippen LogP contribution in [0.5, 0.6) is 0 Å². The van der Waals surface area contributed by atoms with Gasteiger partial charge in [-0.25, -0.2) is 14.9 Å². The summed E-state index contributed by atoms with van der Waals surface area (Å²) in [4.78, 5) is 20.4. The van der Waals surface area contributed by atoms with E-state index in [0.717, 1.165) is 5.39 Å². The Bertz CT molecular complexity index is 819. The number of rotatable bonds is 5. The Morgan fingerprint density at radius 3 is 2.95 bits per heavy atom. The van der Waals surface area contributed by atoms with E-state index in [9.17, 15) is 4.79 Å². The molecule has 0 spiro atoms. The maximum atomic E-state index is 11.6. The Balaban J connectivity index is 2.06. The van der Waals surface area contributed by atoms with E-state index in [1.807, 2.05) is 13.8 Å². The molecule has 0 aromatic carbocycles. The molecular formula is C11H14N8OS. The predicted molar refractivity (Wildman–Crippen MR) is 78.5 cm³/mol. The number of H-pyrrole nitrogens is 2. The first kappa shape index (κ1) is 13.6. The van der Waals surface area contributed by atoms with Crippen molar-refractivity contribution in [2.24, 2.45) is 0 Å². The van der Waals surface area contributed by atoms with Crippen molar-refractivity contribution < 1.29 is 0 Å². The fourth-order valence-corrected chi connectivity index (χ4v) is 2.85. The van der Waals surface area contributed by atoms with Gasteiger partial charge in [-0.05, 0) is 25.6 Å². The fourth-order valence-electron chi connectivity index (χ4n) is 1.87. The second kappa shape index (κ2) is 5.56. The van der Waals surface area contributed by atoms with Crippen molar-refractivity contribution in [3.8, 4) is 0 Å². The Morgan fingerprint density at radius 2 is 2.19 bits per heavy atom. The van der Waals surface area contributed by atoms with E-state index in [2.05, 4.69) is 35.7 Å². The molecule has 3 aromatic rings. The second-order valence-electron chi connectivity index (χ2n) is 4.17. The van der Waals surface area contributed by atoms with Gasteiger partial charge in [-0.3, -0.25) is 9.67 Å². The molecule has 3 rings (SSSR count). The summed E-state index contributed by atoms with van der Waals surface area (Å²) in [5.74, 6) is 0.512. The molecular weight excluding hydrogens is 292 g/mol. The van der Waals surface area contributed by atoms with Crippen molar-refractivity contribution in [2.75, 3.05) is 11.9 Å². The lowest BCUT2D eigenvalue weighted by Crippen LogP contribution is -2.16. The van der Waals surface area contributed by atoms with Gasteiger partial charge in [-0.15, -0.1) is 5.10 Å². The summed E-state index contributed by atoms with van der Waals surface area (Å²) in [6.45, 7) is 5.11. The van der Waals surface area contributed by atoms with Crippen LogP contribution < -0.4 is 11.0 Å². The van der Waals surface area contributed by atoms with Crippen molar-refractivity contribution in [3.05, 3.63) is 16.7 Å². The van der Waals surface area contributed by atoms with E-state index in [0.29, 0.717) is 34.9 Å². The standard InChI is InChI=1S/C11H14N8OS/c1-3-12-9-14-7-6(5-13-16-7)8(15-9)21-11-18-17-10(20)19(11)4-2/h5H,3-4H2,1-2H3,(H,17,20)(H2,12,13,14,15,16). The normalized spacial score (nSPS) is 11.1. The van der Waals surface area contributed by atoms with Crippen LogP contribution in [0, 0.1) is 0 Å². The molecule has 0 aliphatic heterocycles. The molecule has 0 amide bonds. The first-order chi connectivity index (χ1) is 10.2. The largest absolute Gasteiger partial charge is 0.354 e. The van der Waals surface area contributed by atoms with Crippen LogP contribution in [0.4, 0.5) is 5.95 Å². The number of anilines is 1. The number of nitrogens with zero attached hydrogens (tertiary/aromatic N) is 5. The maximum absolute atomic E-state index is 11.6. The Kier molecular flexibility index (Phi) is 3.60. The molecule has 9 nitrogen and oxygen atoms in total. The maximum Gasteiger partial charge on any atom is 0.343 e. The van der Waals surface area contributed by atoms with Crippen molar-refractivity contribution in [3.63, 3.8) is 0 Å². The van der Waals surface area contributed by atoms with Gasteiger partial charge in [0.2, 0.25) is 5.95 Å². The minimum absolute atomic E-state index is 0.232. The molecule has 3 aromatic heterocycles. The molecule has 0 atom stereocenters. The van der Waals surface area contributed by atoms with Gasteiger partial charge in [0, 0.05) is 13.1 Å². The average Bonchev–Trinajstić information content (AvgIpc) is 3.06. The van der Waals surface area contributed by atoms with Crippen LogP contribution in [0.1, 0.15) is 13.8 Å². The fraction of sp³-hybridized carbons (Fsp3) is 0.364. The number of hydrogen-bond acceptors (Lipinski definition) is 7. The Hall–Kier alpha value is -2.36. The summed E-state index contributed by atoms with van der Waals surface area (Å²) in [6.07, 6.45) is 1.66. The van der Waals surface area contributed by atoms with Crippen molar-refractivity contribution in [1.82, 2.24) is 34.9 Å². The first-order valence-corrected chi connectivity index (χ1v) is 7.32. The van der Waals surface area contributed by atoms with Crippen LogP contribution in [0.25, 0.3) is 11.0 Å². The van der Waals surface area contributed by atoms with Crippen LogP contribution in [0.2, 0.25) is 0 Å². The molecule has 21 heavy (non-hydrogen) atoms. The van der Waals surface area contributed by atoms with Gasteiger partial charge in [0.25, 0.3) is 0 Å². The van der Waals surface area contributed by atoms with Gasteiger partial charge in [0.05, 0.1) is 11.6 Å². The second-order valence-corrected chi connectivity index (χ2v) is 5.13. The van der Waals surface area contributed by atoms with Gasteiger partial charge < -0.3 is 5.32 Å². The molecule has 0 saturated heterocycles. The molecule has 0 aliphatic rings. The Labute approximate surface area is 123 Å². The molecule has 0 unspecified atom stereocenters. The highest BCUT2D eigenvalue weighted by Gasteiger charge is 2.15. The number of hydrogen-bond donors (Lipinski definition) is 3. The highest BCUT2D eigenvalue weighted by Crippen LogP contribution is 2.29. The van der Waals surface area contributed by atoms with Gasteiger partial charge in [-0.2, -0.15) is 10.1 Å². The SMILES string of the molecule is CCNc1nc(Sc2n[nH]c(=O)n2CC)c2cn[nH]c2n1. The summed E-state index contributed by atoms with van der Waals surface area (Å²) in [5.41, 5.74) is 0.411. The first-order valence-electron chi connectivity index (χ1n) is 6.51. The number of fused-ring (bicyclic) bond motifs is 1. The highest BCUT2D eigenvalue weighted by atomic mass is 32.2. The number of aromatic nitrogens is 7. The average molecular weight is 306 g/mol. The molecule has 3 N–H and O–H groups in total. The zero-order valence-corrected chi connectivity index (χ0v) is 12.4. The third kappa shape index (κ3) is 2.49. The van der Waals surface area contributed by atoms with Gasteiger partial charge in [0.1, 0.15) is 5.03 Å². The van der Waals surface area contributed by atoms with Crippen LogP contribution in [0.3, 0.4) is 0 Å². The predicted octanol–water partition coefficient (Wildman–Crippen LogP) is 0.841. The minimum Gasteiger partial charge on any atom is -0.354 e. The minimum atomic E-state index is -0.232. The third-order valence-electron chi connectivity index (χ3n) is 2.84. The van der Waals surface area contributed by atoms with Crippen LogP contribution >= 0.6 is 11.8 Å². The van der Waals surface area contributed by atoms with E-state index in [1.54, 1.807) is 10.8 Å². The van der Waals surface area contributed by atoms with Crippen molar-refractivity contribution in [2.45, 2.75) is 30.6 Å².